The second-order valence-electron chi connectivity index (χ2n) is 3.41. The lowest BCUT2D eigenvalue weighted by atomic mass is 10.2. The largest absolute Gasteiger partial charge is 0.325 e. The Morgan fingerprint density at radius 1 is 1.46 bits per heavy atom. The van der Waals surface area contributed by atoms with Crippen molar-refractivity contribution in [2.45, 2.75) is 38.3 Å². The van der Waals surface area contributed by atoms with Crippen LogP contribution >= 0.6 is 12.4 Å². The van der Waals surface area contributed by atoms with Crippen molar-refractivity contribution in [3.8, 4) is 0 Å². The molecular weight excluding hydrogens is 186 g/mol. The lowest BCUT2D eigenvalue weighted by molar-refractivity contribution is 0.450. The molecule has 1 aliphatic rings. The molecule has 74 valence electrons. The molecule has 1 fully saturated rings. The van der Waals surface area contributed by atoms with Gasteiger partial charge in [-0.15, -0.1) is 12.4 Å². The first kappa shape index (κ1) is 10.5. The molecule has 2 rings (SSSR count). The van der Waals surface area contributed by atoms with E-state index in [4.69, 9.17) is 5.73 Å². The second-order valence-corrected chi connectivity index (χ2v) is 3.41. The molecule has 2 N–H and O–H groups in total. The minimum atomic E-state index is 0. The summed E-state index contributed by atoms with van der Waals surface area (Å²) in [5, 5.41) is 4.31. The molecule has 13 heavy (non-hydrogen) atoms. The summed E-state index contributed by atoms with van der Waals surface area (Å²) < 4.78 is 2.10. The first-order chi connectivity index (χ1) is 5.92. The zero-order valence-corrected chi connectivity index (χ0v) is 8.46. The van der Waals surface area contributed by atoms with Crippen molar-refractivity contribution in [2.75, 3.05) is 0 Å². The fourth-order valence-corrected chi connectivity index (χ4v) is 1.98. The fraction of sp³-hybridized carbons (Fsp3) is 0.667. The van der Waals surface area contributed by atoms with Crippen molar-refractivity contribution >= 4 is 12.4 Å². The summed E-state index contributed by atoms with van der Waals surface area (Å²) in [7, 11) is 0. The summed E-state index contributed by atoms with van der Waals surface area (Å²) in [4.78, 5) is 0. The molecule has 1 aromatic heterocycles. The van der Waals surface area contributed by atoms with Gasteiger partial charge in [0.15, 0.2) is 0 Å². The Labute approximate surface area is 84.7 Å². The Bertz CT molecular complexity index is 253. The van der Waals surface area contributed by atoms with Crippen LogP contribution < -0.4 is 5.73 Å². The Balaban J connectivity index is 0.000000845. The van der Waals surface area contributed by atoms with Crippen molar-refractivity contribution < 1.29 is 0 Å². The van der Waals surface area contributed by atoms with E-state index in [2.05, 4.69) is 9.78 Å². The summed E-state index contributed by atoms with van der Waals surface area (Å²) in [6.45, 7) is 0.608. The van der Waals surface area contributed by atoms with Gasteiger partial charge in [-0.05, 0) is 18.9 Å². The molecule has 0 spiro atoms. The van der Waals surface area contributed by atoms with Gasteiger partial charge in [0, 0.05) is 12.7 Å². The van der Waals surface area contributed by atoms with E-state index in [1.54, 1.807) is 0 Å². The van der Waals surface area contributed by atoms with Gasteiger partial charge in [-0.2, -0.15) is 5.10 Å². The molecule has 1 aromatic rings. The molecule has 3 nitrogen and oxygen atoms in total. The molecule has 0 unspecified atom stereocenters. The van der Waals surface area contributed by atoms with Crippen molar-refractivity contribution in [1.82, 2.24) is 9.78 Å². The van der Waals surface area contributed by atoms with E-state index in [0.717, 1.165) is 0 Å². The van der Waals surface area contributed by atoms with Crippen molar-refractivity contribution in [3.63, 3.8) is 0 Å². The van der Waals surface area contributed by atoms with Gasteiger partial charge in [-0.3, -0.25) is 4.68 Å². The van der Waals surface area contributed by atoms with Gasteiger partial charge in [0.05, 0.1) is 11.7 Å². The Hall–Kier alpha value is -0.540. The topological polar surface area (TPSA) is 43.8 Å². The summed E-state index contributed by atoms with van der Waals surface area (Å²) in [5.41, 5.74) is 6.77. The maximum absolute atomic E-state index is 5.60. The molecule has 0 radical (unpaired) electrons. The summed E-state index contributed by atoms with van der Waals surface area (Å²) in [5.74, 6) is 0. The van der Waals surface area contributed by atoms with E-state index >= 15 is 0 Å². The predicted octanol–water partition coefficient (Wildman–Crippen LogP) is 1.88. The van der Waals surface area contributed by atoms with Crippen LogP contribution in [0.4, 0.5) is 0 Å². The molecule has 0 amide bonds. The smallest absolute Gasteiger partial charge is 0.0523 e. The molecule has 0 aromatic carbocycles. The monoisotopic (exact) mass is 201 g/mol. The van der Waals surface area contributed by atoms with Gasteiger partial charge in [-0.25, -0.2) is 0 Å². The molecule has 1 heterocycles. The van der Waals surface area contributed by atoms with Crippen LogP contribution in [0.2, 0.25) is 0 Å². The highest BCUT2D eigenvalue weighted by molar-refractivity contribution is 5.85. The number of hydrogen-bond acceptors (Lipinski definition) is 2. The molecule has 4 heteroatoms. The third-order valence-electron chi connectivity index (χ3n) is 2.63. The van der Waals surface area contributed by atoms with E-state index in [1.165, 1.54) is 31.4 Å². The van der Waals surface area contributed by atoms with E-state index in [0.29, 0.717) is 12.6 Å². The van der Waals surface area contributed by atoms with Crippen LogP contribution in [0.5, 0.6) is 0 Å². The molecular formula is C9H16ClN3. The third-order valence-corrected chi connectivity index (χ3v) is 2.63. The summed E-state index contributed by atoms with van der Waals surface area (Å²) >= 11 is 0. The minimum Gasteiger partial charge on any atom is -0.325 e. The normalized spacial score (nSPS) is 17.3. The molecule has 0 bridgehead atoms. The van der Waals surface area contributed by atoms with Gasteiger partial charge >= 0.3 is 0 Å². The molecule has 1 aliphatic carbocycles. The van der Waals surface area contributed by atoms with Gasteiger partial charge in [0.1, 0.15) is 0 Å². The van der Waals surface area contributed by atoms with Crippen LogP contribution in [0, 0.1) is 0 Å². The highest BCUT2D eigenvalue weighted by Crippen LogP contribution is 2.29. The van der Waals surface area contributed by atoms with E-state index in [9.17, 15) is 0 Å². The maximum Gasteiger partial charge on any atom is 0.0523 e. The first-order valence-electron chi connectivity index (χ1n) is 4.64. The minimum absolute atomic E-state index is 0. The Morgan fingerprint density at radius 2 is 2.15 bits per heavy atom. The number of aromatic nitrogens is 2. The van der Waals surface area contributed by atoms with Crippen molar-refractivity contribution in [2.24, 2.45) is 5.73 Å². The lowest BCUT2D eigenvalue weighted by Crippen LogP contribution is -2.12. The number of nitrogens with two attached hydrogens (primary N) is 1. The summed E-state index contributed by atoms with van der Waals surface area (Å²) in [6, 6.07) is 2.64. The van der Waals surface area contributed by atoms with Gasteiger partial charge in [-0.1, -0.05) is 12.8 Å². The third kappa shape index (κ3) is 2.03. The average molecular weight is 202 g/mol. The fourth-order valence-electron chi connectivity index (χ4n) is 1.98. The SMILES string of the molecule is Cl.NCc1ccnn1C1CCCC1. The zero-order chi connectivity index (χ0) is 8.39. The first-order valence-corrected chi connectivity index (χ1v) is 4.64. The summed E-state index contributed by atoms with van der Waals surface area (Å²) in [6.07, 6.45) is 7.08. The van der Waals surface area contributed by atoms with E-state index in [-0.39, 0.29) is 12.4 Å². The number of hydrogen-bond donors (Lipinski definition) is 1. The van der Waals surface area contributed by atoms with Crippen LogP contribution in [-0.2, 0) is 6.54 Å². The molecule has 0 aliphatic heterocycles. The molecule has 1 saturated carbocycles. The standard InChI is InChI=1S/C9H15N3.ClH/c10-7-9-5-6-11-12(9)8-3-1-2-4-8;/h5-6,8H,1-4,7,10H2;1H. The van der Waals surface area contributed by atoms with Crippen molar-refractivity contribution in [3.05, 3.63) is 18.0 Å². The highest BCUT2D eigenvalue weighted by Gasteiger charge is 2.18. The number of nitrogens with zero attached hydrogens (tertiary/aromatic N) is 2. The van der Waals surface area contributed by atoms with Crippen LogP contribution in [0.15, 0.2) is 12.3 Å². The van der Waals surface area contributed by atoms with Crippen molar-refractivity contribution in [1.29, 1.82) is 0 Å². The average Bonchev–Trinajstić information content (AvgIpc) is 2.74. The Morgan fingerprint density at radius 3 is 2.77 bits per heavy atom. The quantitative estimate of drug-likeness (QED) is 0.794. The van der Waals surface area contributed by atoms with Gasteiger partial charge < -0.3 is 5.73 Å². The van der Waals surface area contributed by atoms with E-state index < -0.39 is 0 Å². The second kappa shape index (κ2) is 4.63. The van der Waals surface area contributed by atoms with Crippen LogP contribution in [0.1, 0.15) is 37.4 Å². The highest BCUT2D eigenvalue weighted by atomic mass is 35.5. The van der Waals surface area contributed by atoms with Crippen LogP contribution in [-0.4, -0.2) is 9.78 Å². The van der Waals surface area contributed by atoms with Gasteiger partial charge in [0.25, 0.3) is 0 Å². The maximum atomic E-state index is 5.60. The molecule has 0 saturated heterocycles. The number of halogens is 1. The van der Waals surface area contributed by atoms with Crippen LogP contribution in [0.3, 0.4) is 0 Å². The molecule has 0 atom stereocenters. The zero-order valence-electron chi connectivity index (χ0n) is 7.65. The predicted molar refractivity (Wildman–Crippen MR) is 54.9 cm³/mol. The van der Waals surface area contributed by atoms with E-state index in [1.807, 2.05) is 12.3 Å². The van der Waals surface area contributed by atoms with Gasteiger partial charge in [0.2, 0.25) is 0 Å². The van der Waals surface area contributed by atoms with Crippen LogP contribution in [0.25, 0.3) is 0 Å². The lowest BCUT2D eigenvalue weighted by Gasteiger charge is -2.12. The Kier molecular flexibility index (Phi) is 3.75. The number of rotatable bonds is 2.